The van der Waals surface area contributed by atoms with E-state index < -0.39 is 0 Å². The molecule has 0 aliphatic heterocycles. The molecular formula is C45H57IrN2O2S-. The largest absolute Gasteiger partial charge is 0.512 e. The number of hydrogen-bond donors (Lipinski definition) is 1. The van der Waals surface area contributed by atoms with E-state index in [1.165, 1.54) is 37.6 Å². The number of aliphatic hydroxyl groups is 1. The number of fused-ring (bicyclic) bond motifs is 2. The summed E-state index contributed by atoms with van der Waals surface area (Å²) in [6, 6.07) is 23.2. The molecule has 0 saturated heterocycles. The molecule has 0 atom stereocenters. The Bertz CT molecular complexity index is 1960. The summed E-state index contributed by atoms with van der Waals surface area (Å²) < 4.78 is 1.23. The first-order valence-electron chi connectivity index (χ1n) is 18.3. The summed E-state index contributed by atoms with van der Waals surface area (Å²) in [6.45, 7) is 23.3. The minimum atomic E-state index is -0.337. The molecular weight excluding hydrogens is 825 g/mol. The van der Waals surface area contributed by atoms with Crippen molar-refractivity contribution in [1.82, 2.24) is 9.97 Å². The molecule has 5 aromatic rings. The number of thiophene rings is 1. The average molecular weight is 882 g/mol. The van der Waals surface area contributed by atoms with E-state index in [1.807, 2.05) is 53.9 Å². The van der Waals surface area contributed by atoms with Crippen LogP contribution in [0.3, 0.4) is 0 Å². The number of rotatable bonds is 11. The first-order valence-corrected chi connectivity index (χ1v) is 19.2. The minimum absolute atomic E-state index is 0. The van der Waals surface area contributed by atoms with Crippen LogP contribution in [0.1, 0.15) is 113 Å². The van der Waals surface area contributed by atoms with Crippen LogP contribution in [0.2, 0.25) is 0 Å². The van der Waals surface area contributed by atoms with Crippen molar-refractivity contribution in [2.45, 2.75) is 114 Å². The first-order chi connectivity index (χ1) is 23.6. The number of aromatic nitrogens is 2. The van der Waals surface area contributed by atoms with Gasteiger partial charge in [-0.1, -0.05) is 111 Å². The molecule has 5 rings (SSSR count). The standard InChI is InChI=1S/C30H29N2S.C15H28O2.Ir/c1-19(2)12-24-14-23-17-28(33-29(23)18-32-24)21-10-11-31-27(16-21)22-13-20-8-6-7-9-25(20)26(15-22)30(3,4)5;1-7-14(5,8-2)12(16)11-13(17)15(6,9-3)10-4;/h6-11,14-19H,12H2,1-5H3;11,16H,7-10H2,1-6H3;/q-1;;/b;12-11-;. The van der Waals surface area contributed by atoms with E-state index in [1.54, 1.807) is 11.3 Å². The number of nitrogens with zero attached hydrogens (tertiary/aromatic N) is 2. The van der Waals surface area contributed by atoms with Gasteiger partial charge in [-0.2, -0.15) is 0 Å². The van der Waals surface area contributed by atoms with E-state index in [0.717, 1.165) is 54.4 Å². The van der Waals surface area contributed by atoms with Crippen molar-refractivity contribution < 1.29 is 30.0 Å². The van der Waals surface area contributed by atoms with E-state index >= 15 is 0 Å². The van der Waals surface area contributed by atoms with Gasteiger partial charge in [0.1, 0.15) is 5.76 Å². The van der Waals surface area contributed by atoms with Crippen molar-refractivity contribution in [2.75, 3.05) is 0 Å². The Morgan fingerprint density at radius 3 is 2.14 bits per heavy atom. The van der Waals surface area contributed by atoms with Gasteiger partial charge in [0.25, 0.3) is 0 Å². The van der Waals surface area contributed by atoms with Crippen LogP contribution in [0.4, 0.5) is 0 Å². The second-order valence-corrected chi connectivity index (χ2v) is 16.8. The van der Waals surface area contributed by atoms with Crippen LogP contribution in [0.5, 0.6) is 0 Å². The number of aliphatic hydroxyl groups excluding tert-OH is 1. The Balaban J connectivity index is 0.000000335. The van der Waals surface area contributed by atoms with Gasteiger partial charge in [0, 0.05) is 65.7 Å². The predicted octanol–water partition coefficient (Wildman–Crippen LogP) is 13.1. The maximum absolute atomic E-state index is 12.2. The summed E-state index contributed by atoms with van der Waals surface area (Å²) in [7, 11) is 0. The van der Waals surface area contributed by atoms with Gasteiger partial charge in [-0.15, -0.1) is 40.5 Å². The quantitative estimate of drug-likeness (QED) is 0.0815. The van der Waals surface area contributed by atoms with Crippen LogP contribution < -0.4 is 0 Å². The fraction of sp³-hybridized carbons (Fsp3) is 0.444. The monoisotopic (exact) mass is 882 g/mol. The number of carbonyl (C=O) groups excluding carboxylic acids is 1. The van der Waals surface area contributed by atoms with Crippen LogP contribution in [-0.2, 0) is 36.7 Å². The molecule has 0 spiro atoms. The Morgan fingerprint density at radius 2 is 1.53 bits per heavy atom. The van der Waals surface area contributed by atoms with E-state index in [0.29, 0.717) is 5.92 Å². The third kappa shape index (κ3) is 10.0. The Kier molecular flexibility index (Phi) is 14.5. The van der Waals surface area contributed by atoms with Gasteiger partial charge in [-0.3, -0.25) is 14.8 Å². The van der Waals surface area contributed by atoms with Gasteiger partial charge in [0.2, 0.25) is 0 Å². The SMILES string of the molecule is CC(C)Cc1cc2cc(-c3ccnc(-c4[c-]c5ccccc5c(C(C)(C)C)c4)c3)sc2cn1.CCC(C)(CC)C(=O)/C=C(\O)C(C)(CC)CC.[Ir]. The van der Waals surface area contributed by atoms with E-state index in [2.05, 4.69) is 100 Å². The van der Waals surface area contributed by atoms with Crippen molar-refractivity contribution in [3.05, 3.63) is 96.1 Å². The molecule has 0 saturated carbocycles. The third-order valence-corrected chi connectivity index (χ3v) is 11.7. The third-order valence-electron chi connectivity index (χ3n) is 10.6. The number of allylic oxidation sites excluding steroid dienone is 2. The molecule has 4 nitrogen and oxygen atoms in total. The van der Waals surface area contributed by atoms with Crippen molar-refractivity contribution in [3.63, 3.8) is 0 Å². The summed E-state index contributed by atoms with van der Waals surface area (Å²) in [5, 5.41) is 13.8. The van der Waals surface area contributed by atoms with Crippen LogP contribution in [0, 0.1) is 22.8 Å². The van der Waals surface area contributed by atoms with Crippen LogP contribution in [0.25, 0.3) is 42.6 Å². The first kappa shape index (κ1) is 42.2. The smallest absolute Gasteiger partial charge is 0.164 e. The topological polar surface area (TPSA) is 63.1 Å². The maximum Gasteiger partial charge on any atom is 0.164 e. The van der Waals surface area contributed by atoms with Crippen molar-refractivity contribution >= 4 is 38.0 Å². The molecule has 275 valence electrons. The maximum atomic E-state index is 12.2. The molecule has 0 bridgehead atoms. The molecule has 0 amide bonds. The number of carbonyl (C=O) groups is 1. The number of benzene rings is 2. The van der Waals surface area contributed by atoms with Crippen LogP contribution in [-0.4, -0.2) is 20.9 Å². The second kappa shape index (κ2) is 17.6. The summed E-state index contributed by atoms with van der Waals surface area (Å²) in [5.74, 6) is 0.890. The Morgan fingerprint density at radius 1 is 0.882 bits per heavy atom. The molecule has 3 heterocycles. The summed E-state index contributed by atoms with van der Waals surface area (Å²) in [5.41, 5.74) is 5.11. The van der Waals surface area contributed by atoms with Gasteiger partial charge in [0.05, 0.1) is 4.70 Å². The number of ketones is 1. The van der Waals surface area contributed by atoms with Gasteiger partial charge < -0.3 is 5.11 Å². The van der Waals surface area contributed by atoms with E-state index in [9.17, 15) is 9.90 Å². The van der Waals surface area contributed by atoms with Gasteiger partial charge in [0.15, 0.2) is 5.78 Å². The molecule has 0 aliphatic rings. The second-order valence-electron chi connectivity index (χ2n) is 15.7. The van der Waals surface area contributed by atoms with E-state index in [-0.39, 0.29) is 47.9 Å². The number of pyridine rings is 2. The zero-order valence-corrected chi connectivity index (χ0v) is 35.7. The fourth-order valence-electron chi connectivity index (χ4n) is 6.07. The summed E-state index contributed by atoms with van der Waals surface area (Å²) in [4.78, 5) is 22.8. The van der Waals surface area contributed by atoms with Gasteiger partial charge in [-0.25, -0.2) is 0 Å². The van der Waals surface area contributed by atoms with Crippen LogP contribution in [0.15, 0.2) is 78.8 Å². The molecule has 6 heteroatoms. The zero-order valence-electron chi connectivity index (χ0n) is 32.5. The average Bonchev–Trinajstić information content (AvgIpc) is 3.53. The molecule has 0 aliphatic carbocycles. The van der Waals surface area contributed by atoms with Gasteiger partial charge in [-0.05, 0) is 72.6 Å². The zero-order chi connectivity index (χ0) is 36.9. The predicted molar refractivity (Wildman–Crippen MR) is 215 cm³/mol. The van der Waals surface area contributed by atoms with Crippen molar-refractivity contribution in [2.24, 2.45) is 16.7 Å². The molecule has 1 radical (unpaired) electrons. The molecule has 51 heavy (non-hydrogen) atoms. The van der Waals surface area contributed by atoms with Crippen molar-refractivity contribution in [3.8, 4) is 21.7 Å². The normalized spacial score (nSPS) is 12.5. The molecule has 1 N–H and O–H groups in total. The Labute approximate surface area is 324 Å². The molecule has 0 fully saturated rings. The van der Waals surface area contributed by atoms with Gasteiger partial charge >= 0.3 is 0 Å². The summed E-state index contributed by atoms with van der Waals surface area (Å²) >= 11 is 1.79. The number of hydrogen-bond acceptors (Lipinski definition) is 5. The van der Waals surface area contributed by atoms with E-state index in [4.69, 9.17) is 4.98 Å². The van der Waals surface area contributed by atoms with Crippen molar-refractivity contribution in [1.29, 1.82) is 0 Å². The van der Waals surface area contributed by atoms with Crippen LogP contribution >= 0.6 is 11.3 Å². The molecule has 3 aromatic heterocycles. The fourth-order valence-corrected chi connectivity index (χ4v) is 7.08. The molecule has 2 aromatic carbocycles. The summed E-state index contributed by atoms with van der Waals surface area (Å²) in [6.07, 6.45) is 9.70. The Hall–Kier alpha value is -3.18. The minimum Gasteiger partial charge on any atom is -0.512 e. The molecule has 0 unspecified atom stereocenters.